The Morgan fingerprint density at radius 2 is 2.05 bits per heavy atom. The van der Waals surface area contributed by atoms with Gasteiger partial charge in [0.25, 0.3) is 5.91 Å². The largest absolute Gasteiger partial charge is 0.394 e. The normalized spacial score (nSPS) is 11.2. The molecule has 0 heterocycles. The van der Waals surface area contributed by atoms with Crippen LogP contribution in [0.4, 0.5) is 5.69 Å². The van der Waals surface area contributed by atoms with Crippen molar-refractivity contribution in [2.45, 2.75) is 19.4 Å². The number of hydrogen-bond donors (Lipinski definition) is 3. The molecule has 0 aliphatic heterocycles. The summed E-state index contributed by atoms with van der Waals surface area (Å²) in [6.07, 6.45) is 1.25. The number of nitriles is 2. The first-order valence-corrected chi connectivity index (χ1v) is 6.23. The van der Waals surface area contributed by atoms with E-state index in [1.165, 1.54) is 6.20 Å². The van der Waals surface area contributed by atoms with Crippen LogP contribution in [0.3, 0.4) is 0 Å². The summed E-state index contributed by atoms with van der Waals surface area (Å²) in [5, 5.41) is 32.4. The molecule has 0 bridgehead atoms. The van der Waals surface area contributed by atoms with Crippen LogP contribution in [0.1, 0.15) is 19.4 Å². The molecule has 21 heavy (non-hydrogen) atoms. The fourth-order valence-electron chi connectivity index (χ4n) is 1.34. The highest BCUT2D eigenvalue weighted by Crippen LogP contribution is 2.14. The van der Waals surface area contributed by atoms with Crippen molar-refractivity contribution in [1.82, 2.24) is 5.32 Å². The summed E-state index contributed by atoms with van der Waals surface area (Å²) >= 11 is 0. The Morgan fingerprint density at radius 3 is 2.62 bits per heavy atom. The molecule has 108 valence electrons. The Bertz CT molecular complexity index is 636. The number of anilines is 1. The molecule has 1 amide bonds. The van der Waals surface area contributed by atoms with E-state index >= 15 is 0 Å². The van der Waals surface area contributed by atoms with Crippen LogP contribution >= 0.6 is 0 Å². The minimum absolute atomic E-state index is 0.149. The number of para-hydroxylation sites is 1. The van der Waals surface area contributed by atoms with E-state index in [4.69, 9.17) is 15.6 Å². The van der Waals surface area contributed by atoms with Crippen LogP contribution < -0.4 is 10.6 Å². The SMILES string of the molecule is CC(C)(CO)N/C=C(/C#N)C(=O)Nc1ccccc1C#N. The van der Waals surface area contributed by atoms with Gasteiger partial charge in [0.1, 0.15) is 17.7 Å². The third-order valence-electron chi connectivity index (χ3n) is 2.66. The molecule has 1 rings (SSSR count). The molecule has 0 aromatic heterocycles. The number of aliphatic hydroxyl groups is 1. The second-order valence-corrected chi connectivity index (χ2v) is 4.97. The maximum Gasteiger partial charge on any atom is 0.267 e. The van der Waals surface area contributed by atoms with Crippen LogP contribution in [-0.4, -0.2) is 23.2 Å². The van der Waals surface area contributed by atoms with Gasteiger partial charge in [-0.15, -0.1) is 0 Å². The van der Waals surface area contributed by atoms with E-state index in [2.05, 4.69) is 10.6 Å². The van der Waals surface area contributed by atoms with E-state index in [0.717, 1.165) is 0 Å². The highest BCUT2D eigenvalue weighted by atomic mass is 16.3. The van der Waals surface area contributed by atoms with Gasteiger partial charge < -0.3 is 15.7 Å². The minimum Gasteiger partial charge on any atom is -0.394 e. The first-order chi connectivity index (χ1) is 9.93. The van der Waals surface area contributed by atoms with Crippen molar-refractivity contribution in [2.75, 3.05) is 11.9 Å². The predicted octanol–water partition coefficient (Wildman–Crippen LogP) is 1.26. The van der Waals surface area contributed by atoms with Gasteiger partial charge in [0.15, 0.2) is 0 Å². The first-order valence-electron chi connectivity index (χ1n) is 6.23. The highest BCUT2D eigenvalue weighted by Gasteiger charge is 2.16. The topological polar surface area (TPSA) is 109 Å². The lowest BCUT2D eigenvalue weighted by Crippen LogP contribution is -2.39. The zero-order valence-electron chi connectivity index (χ0n) is 11.8. The van der Waals surface area contributed by atoms with Gasteiger partial charge >= 0.3 is 0 Å². The van der Waals surface area contributed by atoms with Crippen molar-refractivity contribution in [3.8, 4) is 12.1 Å². The van der Waals surface area contributed by atoms with Gasteiger partial charge in [0.2, 0.25) is 0 Å². The molecular weight excluding hydrogens is 268 g/mol. The monoisotopic (exact) mass is 284 g/mol. The molecule has 1 aromatic carbocycles. The number of nitrogens with zero attached hydrogens (tertiary/aromatic N) is 2. The fourth-order valence-corrected chi connectivity index (χ4v) is 1.34. The molecule has 6 nitrogen and oxygen atoms in total. The molecule has 0 spiro atoms. The summed E-state index contributed by atoms with van der Waals surface area (Å²) < 4.78 is 0. The van der Waals surface area contributed by atoms with Gasteiger partial charge in [-0.05, 0) is 26.0 Å². The Balaban J connectivity index is 2.89. The summed E-state index contributed by atoms with van der Waals surface area (Å²) in [5.74, 6) is -0.624. The lowest BCUT2D eigenvalue weighted by atomic mass is 10.1. The van der Waals surface area contributed by atoms with E-state index in [1.807, 2.05) is 6.07 Å². The van der Waals surface area contributed by atoms with Crippen molar-refractivity contribution in [1.29, 1.82) is 10.5 Å². The molecule has 0 radical (unpaired) electrons. The fraction of sp³-hybridized carbons (Fsp3) is 0.267. The molecule has 0 unspecified atom stereocenters. The Morgan fingerprint density at radius 1 is 1.38 bits per heavy atom. The van der Waals surface area contributed by atoms with Crippen LogP contribution in [0.5, 0.6) is 0 Å². The smallest absolute Gasteiger partial charge is 0.267 e. The van der Waals surface area contributed by atoms with E-state index < -0.39 is 11.4 Å². The van der Waals surface area contributed by atoms with Crippen LogP contribution in [0.15, 0.2) is 36.0 Å². The average molecular weight is 284 g/mol. The molecule has 1 aromatic rings. The highest BCUT2D eigenvalue weighted by molar-refractivity contribution is 6.07. The van der Waals surface area contributed by atoms with Gasteiger partial charge in [-0.2, -0.15) is 10.5 Å². The van der Waals surface area contributed by atoms with E-state index in [-0.39, 0.29) is 12.2 Å². The van der Waals surface area contributed by atoms with Crippen LogP contribution in [0.2, 0.25) is 0 Å². The number of nitrogens with one attached hydrogen (secondary N) is 2. The maximum absolute atomic E-state index is 12.0. The van der Waals surface area contributed by atoms with Gasteiger partial charge in [-0.3, -0.25) is 4.79 Å². The van der Waals surface area contributed by atoms with Crippen molar-refractivity contribution >= 4 is 11.6 Å². The number of carbonyl (C=O) groups is 1. The van der Waals surface area contributed by atoms with E-state index in [0.29, 0.717) is 11.3 Å². The average Bonchev–Trinajstić information content (AvgIpc) is 2.48. The van der Waals surface area contributed by atoms with Crippen LogP contribution in [0.25, 0.3) is 0 Å². The summed E-state index contributed by atoms with van der Waals surface area (Å²) in [6.45, 7) is 3.30. The van der Waals surface area contributed by atoms with Crippen molar-refractivity contribution in [2.24, 2.45) is 0 Å². The minimum atomic E-state index is -0.646. The lowest BCUT2D eigenvalue weighted by Gasteiger charge is -2.22. The Labute approximate surface area is 123 Å². The first kappa shape index (κ1) is 16.2. The number of benzene rings is 1. The third-order valence-corrected chi connectivity index (χ3v) is 2.66. The van der Waals surface area contributed by atoms with E-state index in [1.54, 1.807) is 44.2 Å². The third kappa shape index (κ3) is 4.64. The molecule has 0 saturated carbocycles. The number of aliphatic hydroxyl groups excluding tert-OH is 1. The summed E-state index contributed by atoms with van der Waals surface area (Å²) in [7, 11) is 0. The summed E-state index contributed by atoms with van der Waals surface area (Å²) in [4.78, 5) is 12.0. The molecule has 0 atom stereocenters. The van der Waals surface area contributed by atoms with Gasteiger partial charge in [0, 0.05) is 6.20 Å². The zero-order chi connectivity index (χ0) is 15.9. The van der Waals surface area contributed by atoms with Crippen LogP contribution in [-0.2, 0) is 4.79 Å². The molecule has 0 fully saturated rings. The maximum atomic E-state index is 12.0. The molecule has 6 heteroatoms. The van der Waals surface area contributed by atoms with Gasteiger partial charge in [-0.1, -0.05) is 12.1 Å². The Hall–Kier alpha value is -2.83. The second-order valence-electron chi connectivity index (χ2n) is 4.97. The number of carbonyl (C=O) groups excluding carboxylic acids is 1. The van der Waals surface area contributed by atoms with Crippen molar-refractivity contribution in [3.05, 3.63) is 41.6 Å². The molecule has 0 aliphatic carbocycles. The molecule has 3 N–H and O–H groups in total. The molecular formula is C15H16N4O2. The van der Waals surface area contributed by atoms with Gasteiger partial charge in [0.05, 0.1) is 23.4 Å². The predicted molar refractivity (Wildman–Crippen MR) is 77.8 cm³/mol. The number of hydrogen-bond acceptors (Lipinski definition) is 5. The molecule has 0 aliphatic rings. The Kier molecular flexibility index (Phi) is 5.48. The summed E-state index contributed by atoms with van der Waals surface area (Å²) in [6, 6.07) is 10.2. The number of rotatable bonds is 5. The zero-order valence-corrected chi connectivity index (χ0v) is 11.8. The summed E-state index contributed by atoms with van der Waals surface area (Å²) in [5.41, 5.74) is -0.143. The molecule has 0 saturated heterocycles. The standard InChI is InChI=1S/C15H16N4O2/c1-15(2,10-20)18-9-12(8-17)14(21)19-13-6-4-3-5-11(13)7-16/h3-6,9,18,20H,10H2,1-2H3,(H,19,21)/b12-9-. The quantitative estimate of drug-likeness (QED) is 0.557. The van der Waals surface area contributed by atoms with E-state index in [9.17, 15) is 4.79 Å². The second kappa shape index (κ2) is 7.09. The lowest BCUT2D eigenvalue weighted by molar-refractivity contribution is -0.112. The van der Waals surface area contributed by atoms with Gasteiger partial charge in [-0.25, -0.2) is 0 Å². The van der Waals surface area contributed by atoms with Crippen molar-refractivity contribution < 1.29 is 9.90 Å². The van der Waals surface area contributed by atoms with Crippen LogP contribution in [0, 0.1) is 22.7 Å². The number of amides is 1. The van der Waals surface area contributed by atoms with Crippen molar-refractivity contribution in [3.63, 3.8) is 0 Å².